The molecule has 0 spiro atoms. The van der Waals surface area contributed by atoms with Gasteiger partial charge in [-0.15, -0.1) is 0 Å². The molecule has 1 unspecified atom stereocenters. The van der Waals surface area contributed by atoms with Crippen LogP contribution in [0.1, 0.15) is 0 Å². The summed E-state index contributed by atoms with van der Waals surface area (Å²) in [5.74, 6) is 4.30. The van der Waals surface area contributed by atoms with Crippen molar-refractivity contribution in [3.8, 4) is 0 Å². The quantitative estimate of drug-likeness (QED) is 0.438. The van der Waals surface area contributed by atoms with Crippen LogP contribution < -0.4 is 0 Å². The second-order valence-corrected chi connectivity index (χ2v) is 4.21. The van der Waals surface area contributed by atoms with Gasteiger partial charge in [-0.1, -0.05) is 18.4 Å². The first-order valence-corrected chi connectivity index (χ1v) is 4.90. The predicted molar refractivity (Wildman–Crippen MR) is 40.0 cm³/mol. The van der Waals surface area contributed by atoms with Crippen molar-refractivity contribution in [2.24, 2.45) is 0 Å². The normalized spacial score (nSPS) is 23.3. The van der Waals surface area contributed by atoms with Gasteiger partial charge in [-0.05, 0) is 26.5 Å². The first-order chi connectivity index (χ1) is 3.39. The second-order valence-electron chi connectivity index (χ2n) is 1.33. The maximum atomic E-state index is 3.28. The molecule has 0 aromatic carbocycles. The van der Waals surface area contributed by atoms with E-state index in [9.17, 15) is 0 Å². The predicted octanol–water partition coefficient (Wildman–Crippen LogP) is 2.01. The zero-order valence-electron chi connectivity index (χ0n) is 4.13. The lowest BCUT2D eigenvalue weighted by atomic mass is 10.8. The summed E-state index contributed by atoms with van der Waals surface area (Å²) in [4.78, 5) is 0. The molecule has 0 fully saturated rings. The average Bonchev–Trinajstić information content (AvgIpc) is 1.69. The summed E-state index contributed by atoms with van der Waals surface area (Å²) < 4.78 is 0. The lowest BCUT2D eigenvalue weighted by Crippen LogP contribution is -1.56. The van der Waals surface area contributed by atoms with Crippen LogP contribution in [0.2, 0.25) is 0 Å². The molecule has 0 bridgehead atoms. The molecule has 1 aliphatic rings. The fourth-order valence-corrected chi connectivity index (χ4v) is 2.28. The lowest BCUT2D eigenvalue weighted by molar-refractivity contribution is 2.43. The summed E-state index contributed by atoms with van der Waals surface area (Å²) in [7, 11) is 1.29. The third-order valence-corrected chi connectivity index (χ3v) is 3.35. The van der Waals surface area contributed by atoms with Gasteiger partial charge in [-0.3, -0.25) is 0 Å². The lowest BCUT2D eigenvalue weighted by Gasteiger charge is -1.77. The Morgan fingerprint density at radius 1 is 1.71 bits per heavy atom. The molecule has 0 N–H and O–H groups in total. The Hall–Kier alpha value is -0.0100. The number of hydrogen-bond donors (Lipinski definition) is 0. The van der Waals surface area contributed by atoms with Crippen molar-refractivity contribution in [2.45, 2.75) is 0 Å². The van der Waals surface area contributed by atoms with E-state index in [2.05, 4.69) is 29.5 Å². The molecule has 1 aliphatic heterocycles. The molecule has 1 rings (SSSR count). The Morgan fingerprint density at radius 2 is 2.57 bits per heavy atom. The first kappa shape index (κ1) is 5.13. The maximum Gasteiger partial charge on any atom is -0.0185 e. The zero-order chi connectivity index (χ0) is 5.11. The number of rotatable bonds is 0. The molecule has 0 radical (unpaired) electrons. The van der Waals surface area contributed by atoms with Crippen LogP contribution in [0.4, 0.5) is 0 Å². The standard InChI is InChI=1S/C5H6P2/c1-7-4-2-3-6-5-7/h2-4H,1H3. The summed E-state index contributed by atoms with van der Waals surface area (Å²) in [6.07, 6.45) is 2.11. The smallest absolute Gasteiger partial charge is 0.0185 e. The Balaban J connectivity index is 3.16. The molecular weight excluding hydrogens is 122 g/mol. The van der Waals surface area contributed by atoms with Crippen molar-refractivity contribution in [3.05, 3.63) is 11.9 Å². The monoisotopic (exact) mass is 128 g/mol. The van der Waals surface area contributed by atoms with E-state index in [-0.39, 0.29) is 7.17 Å². The molecule has 0 aromatic heterocycles. The third-order valence-electron chi connectivity index (χ3n) is 0.686. The van der Waals surface area contributed by atoms with Crippen LogP contribution in [0.15, 0.2) is 11.9 Å². The van der Waals surface area contributed by atoms with Crippen LogP contribution in [0, 0.1) is 0 Å². The van der Waals surface area contributed by atoms with Crippen LogP contribution in [0.5, 0.6) is 0 Å². The molecule has 36 valence electrons. The maximum absolute atomic E-state index is 3.28. The Labute approximate surface area is 45.7 Å². The number of allylic oxidation sites excluding steroid dienone is 1. The van der Waals surface area contributed by atoms with E-state index in [1.807, 2.05) is 0 Å². The molecule has 1 atom stereocenters. The van der Waals surface area contributed by atoms with Crippen LogP contribution in [-0.2, 0) is 0 Å². The molecule has 7 heavy (non-hydrogen) atoms. The van der Waals surface area contributed by atoms with Crippen LogP contribution in [-0.4, -0.2) is 17.6 Å². The van der Waals surface area contributed by atoms with Gasteiger partial charge in [0.1, 0.15) is 0 Å². The zero-order valence-corrected chi connectivity index (χ0v) is 5.92. The Kier molecular flexibility index (Phi) is 1.71. The van der Waals surface area contributed by atoms with Crippen molar-refractivity contribution < 1.29 is 0 Å². The van der Waals surface area contributed by atoms with Crippen LogP contribution in [0.25, 0.3) is 0 Å². The minimum absolute atomic E-state index is 0.0342. The molecule has 0 saturated heterocycles. The highest BCUT2D eigenvalue weighted by Crippen LogP contribution is 2.07. The van der Waals surface area contributed by atoms with Crippen molar-refractivity contribution in [1.29, 1.82) is 0 Å². The molecule has 0 aliphatic carbocycles. The average molecular weight is 128 g/mol. The van der Waals surface area contributed by atoms with Gasteiger partial charge in [-0.25, -0.2) is 0 Å². The van der Waals surface area contributed by atoms with Gasteiger partial charge in [0, 0.05) is 0 Å². The largest absolute Gasteiger partial charge is 0.0780 e. The summed E-state index contributed by atoms with van der Waals surface area (Å²) in [6, 6.07) is 0. The van der Waals surface area contributed by atoms with Crippen LogP contribution >= 0.6 is 15.4 Å². The van der Waals surface area contributed by atoms with E-state index < -0.39 is 0 Å². The van der Waals surface area contributed by atoms with Crippen molar-refractivity contribution >= 4 is 26.3 Å². The molecule has 0 amide bonds. The highest BCUT2D eigenvalue weighted by molar-refractivity contribution is 7.66. The fraction of sp³-hybridized carbons (Fsp3) is 0.200. The first-order valence-electron chi connectivity index (χ1n) is 2.08. The highest BCUT2D eigenvalue weighted by atomic mass is 31.1. The SMILES string of the molecule is CP1=C=PC=CC=1. The van der Waals surface area contributed by atoms with E-state index in [4.69, 9.17) is 0 Å². The van der Waals surface area contributed by atoms with E-state index in [1.54, 1.807) is 0 Å². The molecular formula is C5H6P2. The molecule has 1 heterocycles. The summed E-state index contributed by atoms with van der Waals surface area (Å²) in [5.41, 5.74) is 0. The molecule has 0 saturated carbocycles. The van der Waals surface area contributed by atoms with Crippen molar-refractivity contribution in [2.75, 3.05) is 6.66 Å². The fourth-order valence-electron chi connectivity index (χ4n) is 0.368. The van der Waals surface area contributed by atoms with Gasteiger partial charge >= 0.3 is 0 Å². The highest BCUT2D eigenvalue weighted by Gasteiger charge is 1.68. The minimum Gasteiger partial charge on any atom is -0.0780 e. The van der Waals surface area contributed by atoms with Crippen LogP contribution in [0.3, 0.4) is 0 Å². The van der Waals surface area contributed by atoms with Crippen molar-refractivity contribution in [1.82, 2.24) is 0 Å². The molecule has 2 heteroatoms. The summed E-state index contributed by atoms with van der Waals surface area (Å²) >= 11 is 0. The topological polar surface area (TPSA) is 0 Å². The second kappa shape index (κ2) is 2.34. The van der Waals surface area contributed by atoms with Crippen molar-refractivity contribution in [3.63, 3.8) is 0 Å². The minimum atomic E-state index is 0.0342. The molecule has 0 aromatic rings. The Morgan fingerprint density at radius 3 is 2.86 bits per heavy atom. The number of hydrogen-bond acceptors (Lipinski definition) is 0. The van der Waals surface area contributed by atoms with E-state index in [0.29, 0.717) is 0 Å². The van der Waals surface area contributed by atoms with E-state index in [0.717, 1.165) is 0 Å². The van der Waals surface area contributed by atoms with Gasteiger partial charge in [-0.2, -0.15) is 0 Å². The van der Waals surface area contributed by atoms with Gasteiger partial charge in [0.2, 0.25) is 0 Å². The molecule has 0 nitrogen and oxygen atoms in total. The van der Waals surface area contributed by atoms with E-state index >= 15 is 0 Å². The van der Waals surface area contributed by atoms with Gasteiger partial charge in [0.05, 0.1) is 0 Å². The van der Waals surface area contributed by atoms with Gasteiger partial charge in [0.25, 0.3) is 0 Å². The van der Waals surface area contributed by atoms with E-state index in [1.165, 1.54) is 8.20 Å². The third kappa shape index (κ3) is 1.49. The van der Waals surface area contributed by atoms with Gasteiger partial charge < -0.3 is 0 Å². The summed E-state index contributed by atoms with van der Waals surface area (Å²) in [6.45, 7) is 2.20. The Bertz CT molecular complexity index is 198. The van der Waals surface area contributed by atoms with Gasteiger partial charge in [0.15, 0.2) is 0 Å². The summed E-state index contributed by atoms with van der Waals surface area (Å²) in [5, 5.41) is 3.28.